The summed E-state index contributed by atoms with van der Waals surface area (Å²) in [6.45, 7) is 4.92. The highest BCUT2D eigenvalue weighted by atomic mass is 16.6. The summed E-state index contributed by atoms with van der Waals surface area (Å²) >= 11 is 0. The van der Waals surface area contributed by atoms with Crippen molar-refractivity contribution in [3.63, 3.8) is 0 Å². The van der Waals surface area contributed by atoms with Gasteiger partial charge in [-0.3, -0.25) is 15.0 Å². The molecule has 1 unspecified atom stereocenters. The number of nitro groups is 1. The minimum absolute atomic E-state index is 0.0915. The summed E-state index contributed by atoms with van der Waals surface area (Å²) in [4.78, 5) is 13.0. The Hall–Kier alpha value is -2.13. The molecule has 0 radical (unpaired) electrons. The lowest BCUT2D eigenvalue weighted by Crippen LogP contribution is -2.35. The van der Waals surface area contributed by atoms with E-state index in [1.165, 1.54) is 18.9 Å². The van der Waals surface area contributed by atoms with Gasteiger partial charge in [-0.15, -0.1) is 0 Å². The predicted molar refractivity (Wildman–Crippen MR) is 76.6 cm³/mol. The maximum Gasteiger partial charge on any atom is 0.309 e. The molecular formula is C14H18N4O2. The van der Waals surface area contributed by atoms with Crippen LogP contribution in [0.25, 0.3) is 0 Å². The molecule has 1 atom stereocenters. The van der Waals surface area contributed by atoms with Gasteiger partial charge in [-0.2, -0.15) is 5.26 Å². The van der Waals surface area contributed by atoms with E-state index in [-0.39, 0.29) is 11.3 Å². The van der Waals surface area contributed by atoms with Gasteiger partial charge in [-0.1, -0.05) is 6.07 Å². The monoisotopic (exact) mass is 274 g/mol. The van der Waals surface area contributed by atoms with E-state index in [1.807, 2.05) is 6.07 Å². The molecule has 20 heavy (non-hydrogen) atoms. The molecule has 1 saturated heterocycles. The number of nitriles is 1. The smallest absolute Gasteiger partial charge is 0.309 e. The summed E-state index contributed by atoms with van der Waals surface area (Å²) in [5, 5.41) is 23.2. The molecule has 1 fully saturated rings. The first-order valence-electron chi connectivity index (χ1n) is 6.79. The van der Waals surface area contributed by atoms with Gasteiger partial charge in [0.25, 0.3) is 0 Å². The highest BCUT2D eigenvalue weighted by molar-refractivity contribution is 5.68. The Kier molecular flexibility index (Phi) is 4.53. The van der Waals surface area contributed by atoms with E-state index in [9.17, 15) is 10.1 Å². The molecule has 6 nitrogen and oxygen atoms in total. The number of nitro benzene ring substituents is 1. The predicted octanol–water partition coefficient (Wildman–Crippen LogP) is 2.36. The second kappa shape index (κ2) is 6.35. The number of hydrogen-bond acceptors (Lipinski definition) is 5. The number of anilines is 1. The zero-order chi connectivity index (χ0) is 14.5. The van der Waals surface area contributed by atoms with Gasteiger partial charge < -0.3 is 5.32 Å². The van der Waals surface area contributed by atoms with Gasteiger partial charge in [0, 0.05) is 12.6 Å². The largest absolute Gasteiger partial charge is 0.378 e. The van der Waals surface area contributed by atoms with Crippen molar-refractivity contribution in [3.8, 4) is 6.07 Å². The van der Waals surface area contributed by atoms with Gasteiger partial charge in [0.1, 0.15) is 17.3 Å². The Morgan fingerprint density at radius 1 is 1.50 bits per heavy atom. The summed E-state index contributed by atoms with van der Waals surface area (Å²) in [5.41, 5.74) is 0.373. The lowest BCUT2D eigenvalue weighted by molar-refractivity contribution is -0.384. The molecule has 0 spiro atoms. The van der Waals surface area contributed by atoms with Gasteiger partial charge in [-0.25, -0.2) is 0 Å². The molecule has 106 valence electrons. The van der Waals surface area contributed by atoms with Crippen LogP contribution in [0, 0.1) is 21.4 Å². The highest BCUT2D eigenvalue weighted by Crippen LogP contribution is 2.28. The topological polar surface area (TPSA) is 82.2 Å². The van der Waals surface area contributed by atoms with E-state index in [4.69, 9.17) is 5.26 Å². The molecule has 6 heteroatoms. The molecule has 1 heterocycles. The number of benzene rings is 1. The van der Waals surface area contributed by atoms with Crippen LogP contribution in [0.4, 0.5) is 11.4 Å². The molecule has 0 amide bonds. The summed E-state index contributed by atoms with van der Waals surface area (Å²) in [6, 6.07) is 6.97. The lowest BCUT2D eigenvalue weighted by atomic mass is 10.1. The van der Waals surface area contributed by atoms with E-state index in [0.717, 1.165) is 13.1 Å². The third kappa shape index (κ3) is 3.06. The molecule has 1 aliphatic heterocycles. The molecule has 0 bridgehead atoms. The van der Waals surface area contributed by atoms with Crippen molar-refractivity contribution in [2.24, 2.45) is 0 Å². The Morgan fingerprint density at radius 2 is 2.20 bits per heavy atom. The average Bonchev–Trinajstić information content (AvgIpc) is 2.98. The van der Waals surface area contributed by atoms with Crippen molar-refractivity contribution < 1.29 is 4.92 Å². The summed E-state index contributed by atoms with van der Waals surface area (Å²) < 4.78 is 0. The third-order valence-corrected chi connectivity index (χ3v) is 3.69. The van der Waals surface area contributed by atoms with Crippen molar-refractivity contribution in [3.05, 3.63) is 33.9 Å². The van der Waals surface area contributed by atoms with E-state index >= 15 is 0 Å². The number of nitrogens with one attached hydrogen (secondary N) is 1. The second-order valence-corrected chi connectivity index (χ2v) is 5.04. The summed E-state index contributed by atoms with van der Waals surface area (Å²) in [5.74, 6) is 0. The summed E-state index contributed by atoms with van der Waals surface area (Å²) in [7, 11) is 0. The molecule has 0 aliphatic carbocycles. The number of likely N-dealkylation sites (tertiary alicyclic amines) is 1. The van der Waals surface area contributed by atoms with Crippen molar-refractivity contribution in [1.29, 1.82) is 5.26 Å². The second-order valence-electron chi connectivity index (χ2n) is 5.04. The molecule has 2 rings (SSSR count). The van der Waals surface area contributed by atoms with E-state index in [1.54, 1.807) is 12.1 Å². The minimum Gasteiger partial charge on any atom is -0.378 e. The first kappa shape index (κ1) is 14.3. The van der Waals surface area contributed by atoms with Crippen molar-refractivity contribution in [1.82, 2.24) is 4.90 Å². The number of nitrogens with zero attached hydrogens (tertiary/aromatic N) is 3. The van der Waals surface area contributed by atoms with E-state index in [2.05, 4.69) is 17.1 Å². The lowest BCUT2D eigenvalue weighted by Gasteiger charge is -2.24. The van der Waals surface area contributed by atoms with Crippen LogP contribution in [0.3, 0.4) is 0 Å². The van der Waals surface area contributed by atoms with Crippen LogP contribution in [0.15, 0.2) is 18.2 Å². The molecule has 1 aromatic rings. The van der Waals surface area contributed by atoms with Gasteiger partial charge in [-0.05, 0) is 45.0 Å². The van der Waals surface area contributed by atoms with Gasteiger partial charge in [0.05, 0.1) is 4.92 Å². The van der Waals surface area contributed by atoms with Crippen molar-refractivity contribution in [2.45, 2.75) is 25.8 Å². The molecule has 1 aliphatic rings. The Morgan fingerprint density at radius 3 is 2.80 bits per heavy atom. The van der Waals surface area contributed by atoms with E-state index < -0.39 is 4.92 Å². The zero-order valence-electron chi connectivity index (χ0n) is 11.5. The van der Waals surface area contributed by atoms with Crippen LogP contribution in [-0.2, 0) is 0 Å². The maximum absolute atomic E-state index is 11.1. The fraction of sp³-hybridized carbons (Fsp3) is 0.500. The fourth-order valence-electron chi connectivity index (χ4n) is 2.54. The number of hydrogen-bond donors (Lipinski definition) is 1. The quantitative estimate of drug-likeness (QED) is 0.658. The average molecular weight is 274 g/mol. The molecular weight excluding hydrogens is 256 g/mol. The first-order valence-corrected chi connectivity index (χ1v) is 6.79. The highest BCUT2D eigenvalue weighted by Gasteiger charge is 2.21. The first-order chi connectivity index (χ1) is 9.63. The zero-order valence-corrected chi connectivity index (χ0v) is 11.5. The number of rotatable bonds is 5. The van der Waals surface area contributed by atoms with Crippen LogP contribution in [-0.4, -0.2) is 35.5 Å². The van der Waals surface area contributed by atoms with Crippen molar-refractivity contribution >= 4 is 11.4 Å². The Balaban J connectivity index is 2.09. The number of para-hydroxylation sites is 1. The van der Waals surface area contributed by atoms with Gasteiger partial charge >= 0.3 is 5.69 Å². The van der Waals surface area contributed by atoms with Crippen LogP contribution in [0.5, 0.6) is 0 Å². The molecule has 1 aromatic carbocycles. The van der Waals surface area contributed by atoms with Gasteiger partial charge in [0.2, 0.25) is 0 Å². The Bertz CT molecular complexity index is 532. The standard InChI is InChI=1S/C14H18N4O2/c1-11(17-7-2-3-8-17)10-16-13-6-4-5-12(9-15)14(13)18(19)20/h4-6,11,16H,2-3,7-8,10H2,1H3. The van der Waals surface area contributed by atoms with Crippen LogP contribution in [0.1, 0.15) is 25.3 Å². The molecule has 0 saturated carbocycles. The SMILES string of the molecule is CC(CNc1cccc(C#N)c1[N+](=O)[O-])N1CCCC1. The normalized spacial score (nSPS) is 16.6. The minimum atomic E-state index is -0.499. The molecule has 0 aromatic heterocycles. The van der Waals surface area contributed by atoms with E-state index in [0.29, 0.717) is 18.3 Å². The molecule has 1 N–H and O–H groups in total. The van der Waals surface area contributed by atoms with Crippen LogP contribution in [0.2, 0.25) is 0 Å². The summed E-state index contributed by atoms with van der Waals surface area (Å²) in [6.07, 6.45) is 2.43. The maximum atomic E-state index is 11.1. The van der Waals surface area contributed by atoms with Crippen molar-refractivity contribution in [2.75, 3.05) is 25.0 Å². The fourth-order valence-corrected chi connectivity index (χ4v) is 2.54. The van der Waals surface area contributed by atoms with Crippen LogP contribution >= 0.6 is 0 Å². The van der Waals surface area contributed by atoms with Gasteiger partial charge in [0.15, 0.2) is 0 Å². The van der Waals surface area contributed by atoms with Crippen LogP contribution < -0.4 is 5.32 Å². The Labute approximate surface area is 118 Å². The third-order valence-electron chi connectivity index (χ3n) is 3.69.